The number of aliphatic hydroxyl groups is 3. The molecule has 6 unspecified atom stereocenters. The van der Waals surface area contributed by atoms with Crippen LogP contribution in [0.5, 0.6) is 0 Å². The average Bonchev–Trinajstić information content (AvgIpc) is 3.31. The summed E-state index contributed by atoms with van der Waals surface area (Å²) in [6.07, 6.45) is 52.9. The van der Waals surface area contributed by atoms with E-state index >= 15 is 0 Å². The second kappa shape index (κ2) is 45.2. The van der Waals surface area contributed by atoms with Gasteiger partial charge in [-0.1, -0.05) is 175 Å². The first kappa shape index (κ1) is 63.0. The van der Waals surface area contributed by atoms with Crippen LogP contribution in [0.2, 0.25) is 0 Å². The molecule has 13 heteroatoms. The van der Waals surface area contributed by atoms with Crippen molar-refractivity contribution in [3.63, 3.8) is 0 Å². The third kappa shape index (κ3) is 37.9. The van der Waals surface area contributed by atoms with Crippen molar-refractivity contribution in [2.75, 3.05) is 26.4 Å². The molecule has 68 heavy (non-hydrogen) atoms. The zero-order valence-electron chi connectivity index (χ0n) is 41.9. The largest absolute Gasteiger partial charge is 0.457 e. The molecule has 0 aromatic heterocycles. The van der Waals surface area contributed by atoms with Crippen LogP contribution in [0.4, 0.5) is 0 Å². The standard InChI is InChI=1S/C55H92O12S/c1-3-5-7-9-11-13-15-17-19-20-21-22-23-24-25-26-27-28-29-31-33-35-37-39-41-43-45-63-47-49(48-64-55-53(59)54(67-68(60,61)62)52(58)50(46-56)66-55)65-51(57)44-42-40-38-36-34-32-30-18-16-14-12-10-8-6-4-2/h5,7,11-14,17-19,21-22,24-25,27-28,30,49-50,52-56,58-59H,3-4,6,8-10,15-16,20,23,26,29,31-48H2,1-2H3,(H,60,61,62)/b7-5-,13-11-,14-12-,19-17-,22-21-,25-24-,28-27-,30-18-. The van der Waals surface area contributed by atoms with Gasteiger partial charge in [0.2, 0.25) is 0 Å². The van der Waals surface area contributed by atoms with Crippen LogP contribution in [0.1, 0.15) is 181 Å². The minimum absolute atomic E-state index is 0.0162. The lowest BCUT2D eigenvalue weighted by Crippen LogP contribution is -2.60. The maximum atomic E-state index is 12.9. The van der Waals surface area contributed by atoms with E-state index in [9.17, 15) is 33.1 Å². The summed E-state index contributed by atoms with van der Waals surface area (Å²) in [6.45, 7) is 3.79. The highest BCUT2D eigenvalue weighted by molar-refractivity contribution is 7.80. The van der Waals surface area contributed by atoms with E-state index in [1.54, 1.807) is 0 Å². The Morgan fingerprint density at radius 2 is 1.01 bits per heavy atom. The molecular formula is C55H92O12S. The Morgan fingerprint density at radius 3 is 1.49 bits per heavy atom. The van der Waals surface area contributed by atoms with Crippen molar-refractivity contribution in [2.45, 2.75) is 218 Å². The maximum Gasteiger partial charge on any atom is 0.397 e. The lowest BCUT2D eigenvalue weighted by Gasteiger charge is -2.41. The lowest BCUT2D eigenvalue weighted by molar-refractivity contribution is -0.301. The molecule has 1 aliphatic heterocycles. The summed E-state index contributed by atoms with van der Waals surface area (Å²) < 4.78 is 59.2. The second-order valence-corrected chi connectivity index (χ2v) is 18.4. The third-order valence-corrected chi connectivity index (χ3v) is 11.7. The molecule has 6 atom stereocenters. The van der Waals surface area contributed by atoms with Gasteiger partial charge in [0.25, 0.3) is 0 Å². The van der Waals surface area contributed by atoms with Crippen LogP contribution in [0.3, 0.4) is 0 Å². The van der Waals surface area contributed by atoms with Crippen molar-refractivity contribution in [3.8, 4) is 0 Å². The van der Waals surface area contributed by atoms with Crippen molar-refractivity contribution in [3.05, 3.63) is 97.2 Å². The average molecular weight is 977 g/mol. The molecule has 1 heterocycles. The number of carbonyl (C=O) groups excluding carboxylic acids is 1. The van der Waals surface area contributed by atoms with Crippen molar-refractivity contribution in [1.29, 1.82) is 0 Å². The minimum atomic E-state index is -5.07. The van der Waals surface area contributed by atoms with Gasteiger partial charge in [-0.2, -0.15) is 8.42 Å². The van der Waals surface area contributed by atoms with Crippen LogP contribution in [-0.2, 0) is 38.3 Å². The smallest absolute Gasteiger partial charge is 0.397 e. The molecular weight excluding hydrogens is 885 g/mol. The van der Waals surface area contributed by atoms with Crippen LogP contribution in [0.25, 0.3) is 0 Å². The number of unbranched alkanes of at least 4 members (excludes halogenated alkanes) is 15. The molecule has 390 valence electrons. The fourth-order valence-electron chi connectivity index (χ4n) is 7.29. The van der Waals surface area contributed by atoms with E-state index in [-0.39, 0.29) is 19.6 Å². The number of ether oxygens (including phenoxy) is 4. The molecule has 0 spiro atoms. The van der Waals surface area contributed by atoms with Crippen LogP contribution < -0.4 is 0 Å². The molecule has 0 radical (unpaired) electrons. The number of aliphatic hydroxyl groups excluding tert-OH is 3. The molecule has 4 N–H and O–H groups in total. The molecule has 1 aliphatic rings. The monoisotopic (exact) mass is 977 g/mol. The van der Waals surface area contributed by atoms with Crippen molar-refractivity contribution < 1.29 is 56.2 Å². The van der Waals surface area contributed by atoms with E-state index in [2.05, 4.69) is 115 Å². The molecule has 0 bridgehead atoms. The Morgan fingerprint density at radius 1 is 0.574 bits per heavy atom. The van der Waals surface area contributed by atoms with Gasteiger partial charge < -0.3 is 34.3 Å². The lowest BCUT2D eigenvalue weighted by atomic mass is 9.99. The van der Waals surface area contributed by atoms with E-state index in [0.29, 0.717) is 13.0 Å². The molecule has 0 saturated carbocycles. The van der Waals surface area contributed by atoms with Gasteiger partial charge in [-0.15, -0.1) is 0 Å². The Kier molecular flexibility index (Phi) is 41.9. The summed E-state index contributed by atoms with van der Waals surface area (Å²) in [5.41, 5.74) is 0. The molecule has 0 aromatic carbocycles. The summed E-state index contributed by atoms with van der Waals surface area (Å²) in [5.74, 6) is -0.421. The van der Waals surface area contributed by atoms with Crippen LogP contribution in [0.15, 0.2) is 97.2 Å². The van der Waals surface area contributed by atoms with Gasteiger partial charge in [0.05, 0.1) is 19.8 Å². The van der Waals surface area contributed by atoms with Crippen molar-refractivity contribution in [1.82, 2.24) is 0 Å². The fourth-order valence-corrected chi connectivity index (χ4v) is 7.80. The predicted molar refractivity (Wildman–Crippen MR) is 275 cm³/mol. The van der Waals surface area contributed by atoms with Gasteiger partial charge in [-0.3, -0.25) is 9.35 Å². The highest BCUT2D eigenvalue weighted by Gasteiger charge is 2.48. The summed E-state index contributed by atoms with van der Waals surface area (Å²) in [6, 6.07) is 0. The SMILES string of the molecule is CC/C=C\C/C=C\C/C=C\C/C=C\C/C=C\C/C=C\CCCCCCCCCOCC(COC1OC(CO)C(O)C(OS(=O)(=O)O)C1O)OC(=O)CCCCCCC/C=C\C/C=C\CCCCC. The van der Waals surface area contributed by atoms with Gasteiger partial charge in [-0.05, 0) is 96.3 Å². The van der Waals surface area contributed by atoms with E-state index in [0.717, 1.165) is 116 Å². The van der Waals surface area contributed by atoms with E-state index in [1.807, 2.05) is 0 Å². The summed E-state index contributed by atoms with van der Waals surface area (Å²) in [4.78, 5) is 12.9. The zero-order valence-corrected chi connectivity index (χ0v) is 42.7. The Hall–Kier alpha value is -2.98. The quantitative estimate of drug-likeness (QED) is 0.0197. The fraction of sp³-hybridized carbons (Fsp3) is 0.691. The molecule has 0 aromatic rings. The zero-order chi connectivity index (χ0) is 49.6. The highest BCUT2D eigenvalue weighted by Crippen LogP contribution is 2.26. The Bertz CT molecular complexity index is 1550. The van der Waals surface area contributed by atoms with Crippen LogP contribution in [0, 0.1) is 0 Å². The van der Waals surface area contributed by atoms with E-state index in [4.69, 9.17) is 18.9 Å². The minimum Gasteiger partial charge on any atom is -0.457 e. The van der Waals surface area contributed by atoms with Crippen molar-refractivity contribution >= 4 is 16.4 Å². The number of hydrogen-bond acceptors (Lipinski definition) is 11. The van der Waals surface area contributed by atoms with Crippen molar-refractivity contribution in [2.24, 2.45) is 0 Å². The van der Waals surface area contributed by atoms with Crippen LogP contribution >= 0.6 is 0 Å². The molecule has 12 nitrogen and oxygen atoms in total. The second-order valence-electron chi connectivity index (χ2n) is 17.4. The number of carbonyl (C=O) groups is 1. The first-order valence-electron chi connectivity index (χ1n) is 26.0. The number of rotatable bonds is 44. The van der Waals surface area contributed by atoms with Gasteiger partial charge in [0, 0.05) is 13.0 Å². The van der Waals surface area contributed by atoms with Gasteiger partial charge in [0.1, 0.15) is 30.5 Å². The molecule has 1 rings (SSSR count). The summed E-state index contributed by atoms with van der Waals surface area (Å²) >= 11 is 0. The predicted octanol–water partition coefficient (Wildman–Crippen LogP) is 12.2. The number of allylic oxidation sites excluding steroid dienone is 16. The number of esters is 1. The Balaban J connectivity index is 2.36. The van der Waals surface area contributed by atoms with Gasteiger partial charge >= 0.3 is 16.4 Å². The highest BCUT2D eigenvalue weighted by atomic mass is 32.3. The van der Waals surface area contributed by atoms with E-state index < -0.39 is 59.8 Å². The van der Waals surface area contributed by atoms with Gasteiger partial charge in [0.15, 0.2) is 6.29 Å². The summed E-state index contributed by atoms with van der Waals surface area (Å²) in [7, 11) is -5.07. The molecule has 0 amide bonds. The first-order chi connectivity index (χ1) is 33.1. The third-order valence-electron chi connectivity index (χ3n) is 11.2. The normalized spacial score (nSPS) is 20.1. The molecule has 0 aliphatic carbocycles. The number of hydrogen-bond donors (Lipinski definition) is 4. The Labute approximate surface area is 412 Å². The first-order valence-corrected chi connectivity index (χ1v) is 27.4. The summed E-state index contributed by atoms with van der Waals surface area (Å²) in [5, 5.41) is 30.8. The molecule has 1 fully saturated rings. The van der Waals surface area contributed by atoms with E-state index in [1.165, 1.54) is 38.5 Å². The maximum absolute atomic E-state index is 12.9. The topological polar surface area (TPSA) is 178 Å². The van der Waals surface area contributed by atoms with Gasteiger partial charge in [-0.25, -0.2) is 4.18 Å². The molecule has 1 saturated heterocycles. The van der Waals surface area contributed by atoms with Crippen LogP contribution in [-0.4, -0.2) is 97.5 Å².